The first-order valence-electron chi connectivity index (χ1n) is 4.97. The molecule has 0 radical (unpaired) electrons. The summed E-state index contributed by atoms with van der Waals surface area (Å²) in [6.07, 6.45) is 11.2. The number of pyridine rings is 1. The van der Waals surface area contributed by atoms with Crippen molar-refractivity contribution in [1.82, 2.24) is 14.5 Å². The zero-order chi connectivity index (χ0) is 11.4. The van der Waals surface area contributed by atoms with Crippen LogP contribution in [-0.2, 0) is 6.54 Å². The van der Waals surface area contributed by atoms with Crippen LogP contribution in [0.5, 0.6) is 0 Å². The molecular weight excluding hydrogens is 200 g/mol. The minimum atomic E-state index is 0.502. The van der Waals surface area contributed by atoms with Gasteiger partial charge in [-0.2, -0.15) is 0 Å². The molecule has 0 saturated carbocycles. The van der Waals surface area contributed by atoms with Crippen LogP contribution in [0, 0.1) is 12.3 Å². The number of aromatic nitrogens is 3. The van der Waals surface area contributed by atoms with Gasteiger partial charge in [0.1, 0.15) is 5.82 Å². The Morgan fingerprint density at radius 1 is 1.50 bits per heavy atom. The molecule has 0 saturated heterocycles. The van der Waals surface area contributed by atoms with Gasteiger partial charge in [-0.05, 0) is 12.1 Å². The summed E-state index contributed by atoms with van der Waals surface area (Å²) in [5, 5.41) is 0. The SMILES string of the molecule is C#CCCn1cncc1-c1ccnc(N)c1. The van der Waals surface area contributed by atoms with Crippen LogP contribution in [0.4, 0.5) is 5.82 Å². The van der Waals surface area contributed by atoms with Gasteiger partial charge in [-0.1, -0.05) is 0 Å². The Bertz CT molecular complexity index is 522. The minimum absolute atomic E-state index is 0.502. The molecule has 4 heteroatoms. The lowest BCUT2D eigenvalue weighted by Gasteiger charge is -2.06. The number of aryl methyl sites for hydroxylation is 1. The van der Waals surface area contributed by atoms with E-state index in [1.54, 1.807) is 18.7 Å². The van der Waals surface area contributed by atoms with Gasteiger partial charge in [-0.25, -0.2) is 9.97 Å². The molecule has 2 aromatic heterocycles. The van der Waals surface area contributed by atoms with E-state index in [1.807, 2.05) is 16.7 Å². The van der Waals surface area contributed by atoms with E-state index >= 15 is 0 Å². The largest absolute Gasteiger partial charge is 0.384 e. The highest BCUT2D eigenvalue weighted by atomic mass is 15.0. The number of imidazole rings is 1. The molecule has 0 aliphatic heterocycles. The van der Waals surface area contributed by atoms with Crippen LogP contribution in [0.25, 0.3) is 11.3 Å². The van der Waals surface area contributed by atoms with Crippen molar-refractivity contribution >= 4 is 5.82 Å². The molecule has 0 amide bonds. The Morgan fingerprint density at radius 3 is 3.12 bits per heavy atom. The molecule has 0 bridgehead atoms. The van der Waals surface area contributed by atoms with E-state index in [4.69, 9.17) is 12.2 Å². The number of terminal acetylenes is 1. The molecule has 2 aromatic rings. The van der Waals surface area contributed by atoms with Gasteiger partial charge in [-0.3, -0.25) is 0 Å². The van der Waals surface area contributed by atoms with E-state index in [9.17, 15) is 0 Å². The van der Waals surface area contributed by atoms with Gasteiger partial charge in [0.05, 0.1) is 18.2 Å². The van der Waals surface area contributed by atoms with Crippen molar-refractivity contribution in [3.63, 3.8) is 0 Å². The van der Waals surface area contributed by atoms with Crippen molar-refractivity contribution in [1.29, 1.82) is 0 Å². The molecule has 0 aliphatic carbocycles. The molecule has 4 nitrogen and oxygen atoms in total. The molecule has 0 spiro atoms. The van der Waals surface area contributed by atoms with Crippen LogP contribution in [0.15, 0.2) is 30.9 Å². The fraction of sp³-hybridized carbons (Fsp3) is 0.167. The predicted octanol–water partition coefficient (Wildman–Crippen LogP) is 1.55. The van der Waals surface area contributed by atoms with Gasteiger partial charge >= 0.3 is 0 Å². The fourth-order valence-corrected chi connectivity index (χ4v) is 1.53. The molecule has 0 fully saturated rings. The summed E-state index contributed by atoms with van der Waals surface area (Å²) < 4.78 is 2.01. The Hall–Kier alpha value is -2.28. The van der Waals surface area contributed by atoms with Gasteiger partial charge in [-0.15, -0.1) is 12.3 Å². The number of hydrogen-bond donors (Lipinski definition) is 1. The first-order valence-corrected chi connectivity index (χ1v) is 4.97. The van der Waals surface area contributed by atoms with Crippen molar-refractivity contribution in [3.05, 3.63) is 30.9 Å². The van der Waals surface area contributed by atoms with E-state index in [0.29, 0.717) is 12.2 Å². The Kier molecular flexibility index (Phi) is 2.88. The summed E-state index contributed by atoms with van der Waals surface area (Å²) in [7, 11) is 0. The van der Waals surface area contributed by atoms with Crippen molar-refractivity contribution in [2.75, 3.05) is 5.73 Å². The average molecular weight is 212 g/mol. The second kappa shape index (κ2) is 4.49. The van der Waals surface area contributed by atoms with E-state index < -0.39 is 0 Å². The van der Waals surface area contributed by atoms with Gasteiger partial charge in [0.15, 0.2) is 0 Å². The molecule has 16 heavy (non-hydrogen) atoms. The maximum atomic E-state index is 5.64. The molecule has 2 rings (SSSR count). The van der Waals surface area contributed by atoms with Gasteiger partial charge in [0.2, 0.25) is 0 Å². The molecule has 0 unspecified atom stereocenters. The Morgan fingerprint density at radius 2 is 2.38 bits per heavy atom. The molecule has 0 aromatic carbocycles. The minimum Gasteiger partial charge on any atom is -0.384 e. The number of nitrogens with two attached hydrogens (primary N) is 1. The van der Waals surface area contributed by atoms with Crippen LogP contribution >= 0.6 is 0 Å². The first kappa shape index (κ1) is 10.2. The molecule has 2 heterocycles. The van der Waals surface area contributed by atoms with E-state index in [0.717, 1.165) is 17.8 Å². The summed E-state index contributed by atoms with van der Waals surface area (Å²) >= 11 is 0. The van der Waals surface area contributed by atoms with Crippen molar-refractivity contribution in [2.24, 2.45) is 0 Å². The van der Waals surface area contributed by atoms with E-state index in [2.05, 4.69) is 15.9 Å². The van der Waals surface area contributed by atoms with Gasteiger partial charge in [0.25, 0.3) is 0 Å². The van der Waals surface area contributed by atoms with Gasteiger partial charge in [0, 0.05) is 24.7 Å². The maximum Gasteiger partial charge on any atom is 0.123 e. The Balaban J connectivity index is 2.34. The maximum absolute atomic E-state index is 5.64. The average Bonchev–Trinajstić information content (AvgIpc) is 2.74. The number of anilines is 1. The highest BCUT2D eigenvalue weighted by Gasteiger charge is 2.04. The summed E-state index contributed by atoms with van der Waals surface area (Å²) in [4.78, 5) is 8.07. The van der Waals surface area contributed by atoms with Crippen LogP contribution in [-0.4, -0.2) is 14.5 Å². The number of nitrogen functional groups attached to an aromatic ring is 1. The number of rotatable bonds is 3. The van der Waals surface area contributed by atoms with Gasteiger partial charge < -0.3 is 10.3 Å². The smallest absolute Gasteiger partial charge is 0.123 e. The van der Waals surface area contributed by atoms with Crippen molar-refractivity contribution in [3.8, 4) is 23.6 Å². The highest BCUT2D eigenvalue weighted by molar-refractivity contribution is 5.61. The highest BCUT2D eigenvalue weighted by Crippen LogP contribution is 2.19. The lowest BCUT2D eigenvalue weighted by Crippen LogP contribution is -1.98. The monoisotopic (exact) mass is 212 g/mol. The van der Waals surface area contributed by atoms with Crippen LogP contribution in [0.2, 0.25) is 0 Å². The second-order valence-electron chi connectivity index (χ2n) is 3.40. The Labute approximate surface area is 94.1 Å². The molecule has 0 atom stereocenters. The quantitative estimate of drug-likeness (QED) is 0.785. The predicted molar refractivity (Wildman–Crippen MR) is 63.3 cm³/mol. The second-order valence-corrected chi connectivity index (χ2v) is 3.40. The normalized spacial score (nSPS) is 9.94. The standard InChI is InChI=1S/C12H12N4/c1-2-3-6-16-9-14-8-11(16)10-4-5-15-12(13)7-10/h1,4-5,7-9H,3,6H2,(H2,13,15). The number of hydrogen-bond acceptors (Lipinski definition) is 3. The summed E-state index contributed by atoms with van der Waals surface area (Å²) in [6, 6.07) is 3.73. The van der Waals surface area contributed by atoms with Crippen molar-refractivity contribution in [2.45, 2.75) is 13.0 Å². The third-order valence-electron chi connectivity index (χ3n) is 2.29. The first-order chi connectivity index (χ1) is 7.81. The molecular formula is C12H12N4. The van der Waals surface area contributed by atoms with Crippen LogP contribution < -0.4 is 5.73 Å². The van der Waals surface area contributed by atoms with Crippen LogP contribution in [0.3, 0.4) is 0 Å². The van der Waals surface area contributed by atoms with E-state index in [1.165, 1.54) is 0 Å². The van der Waals surface area contributed by atoms with E-state index in [-0.39, 0.29) is 0 Å². The topological polar surface area (TPSA) is 56.7 Å². The molecule has 80 valence electrons. The summed E-state index contributed by atoms with van der Waals surface area (Å²) in [5.41, 5.74) is 7.65. The zero-order valence-electron chi connectivity index (χ0n) is 8.80. The van der Waals surface area contributed by atoms with Crippen LogP contribution in [0.1, 0.15) is 6.42 Å². The molecule has 2 N–H and O–H groups in total. The lowest BCUT2D eigenvalue weighted by atomic mass is 10.2. The third kappa shape index (κ3) is 2.04. The lowest BCUT2D eigenvalue weighted by molar-refractivity contribution is 0.725. The number of nitrogens with zero attached hydrogens (tertiary/aromatic N) is 3. The zero-order valence-corrected chi connectivity index (χ0v) is 8.80. The summed E-state index contributed by atoms with van der Waals surface area (Å²) in [5.74, 6) is 3.11. The molecule has 0 aliphatic rings. The summed E-state index contributed by atoms with van der Waals surface area (Å²) in [6.45, 7) is 0.758. The fourth-order valence-electron chi connectivity index (χ4n) is 1.53. The van der Waals surface area contributed by atoms with Crippen molar-refractivity contribution < 1.29 is 0 Å². The third-order valence-corrected chi connectivity index (χ3v) is 2.29.